The van der Waals surface area contributed by atoms with Gasteiger partial charge in [-0.1, -0.05) is 11.6 Å². The number of carbonyl (C=O) groups excluding carboxylic acids is 3. The Hall–Kier alpha value is -2.69. The van der Waals surface area contributed by atoms with Crippen molar-refractivity contribution >= 4 is 39.3 Å². The summed E-state index contributed by atoms with van der Waals surface area (Å²) < 4.78 is 36.9. The summed E-state index contributed by atoms with van der Waals surface area (Å²) in [6.45, 7) is 5.83. The maximum absolute atomic E-state index is 12.7. The third-order valence-electron chi connectivity index (χ3n) is 4.54. The minimum absolute atomic E-state index is 0.0755. The van der Waals surface area contributed by atoms with E-state index in [9.17, 15) is 22.8 Å². The minimum Gasteiger partial charge on any atom is -0.465 e. The molecule has 0 fully saturated rings. The van der Waals surface area contributed by atoms with Crippen molar-refractivity contribution in [2.45, 2.75) is 44.7 Å². The number of halogens is 1. The largest absolute Gasteiger partial charge is 0.465 e. The van der Waals surface area contributed by atoms with Gasteiger partial charge in [0.05, 0.1) is 23.3 Å². The lowest BCUT2D eigenvalue weighted by atomic mass is 10.1. The number of carbonyl (C=O) groups is 3. The summed E-state index contributed by atoms with van der Waals surface area (Å²) in [6.07, 6.45) is -1.22. The topological polar surface area (TPSA) is 132 Å². The van der Waals surface area contributed by atoms with Crippen molar-refractivity contribution in [2.75, 3.05) is 7.11 Å². The van der Waals surface area contributed by atoms with Gasteiger partial charge in [0.2, 0.25) is 15.8 Å². The molecule has 31 heavy (non-hydrogen) atoms. The molecule has 2 N–H and O–H groups in total. The van der Waals surface area contributed by atoms with Crippen LogP contribution < -0.4 is 4.72 Å². The lowest BCUT2D eigenvalue weighted by Gasteiger charge is -2.17. The van der Waals surface area contributed by atoms with Crippen molar-refractivity contribution in [3.8, 4) is 0 Å². The summed E-state index contributed by atoms with van der Waals surface area (Å²) in [5.41, 5.74) is 1.14. The van der Waals surface area contributed by atoms with Gasteiger partial charge in [0.1, 0.15) is 6.04 Å². The van der Waals surface area contributed by atoms with Gasteiger partial charge in [-0.15, -0.1) is 0 Å². The maximum Gasteiger partial charge on any atom is 0.339 e. The number of ether oxygens (including phenoxy) is 2. The number of nitrogens with one attached hydrogen (secondary N) is 2. The molecule has 11 heteroatoms. The third kappa shape index (κ3) is 5.52. The number of sulfonamides is 1. The lowest BCUT2D eigenvalue weighted by Crippen LogP contribution is -2.41. The highest BCUT2D eigenvalue weighted by Gasteiger charge is 2.30. The van der Waals surface area contributed by atoms with E-state index in [4.69, 9.17) is 21.1 Å². The number of hydrogen-bond donors (Lipinski definition) is 2. The van der Waals surface area contributed by atoms with E-state index in [-0.39, 0.29) is 16.2 Å². The Morgan fingerprint density at radius 1 is 1.10 bits per heavy atom. The van der Waals surface area contributed by atoms with Crippen LogP contribution in [0.25, 0.3) is 0 Å². The predicted molar refractivity (Wildman–Crippen MR) is 113 cm³/mol. The van der Waals surface area contributed by atoms with Gasteiger partial charge in [0.25, 0.3) is 0 Å². The molecule has 0 aliphatic rings. The van der Waals surface area contributed by atoms with Crippen molar-refractivity contribution in [3.05, 3.63) is 51.8 Å². The van der Waals surface area contributed by atoms with Crippen LogP contribution in [-0.4, -0.2) is 50.4 Å². The molecule has 2 rings (SSSR count). The van der Waals surface area contributed by atoms with E-state index in [1.807, 2.05) is 0 Å². The van der Waals surface area contributed by atoms with E-state index < -0.39 is 39.9 Å². The molecule has 168 valence electrons. The number of methoxy groups -OCH3 is 1. The van der Waals surface area contributed by atoms with Crippen LogP contribution in [0.4, 0.5) is 0 Å². The summed E-state index contributed by atoms with van der Waals surface area (Å²) >= 11 is 5.75. The Bertz CT molecular complexity index is 1110. The molecule has 2 aromatic rings. The van der Waals surface area contributed by atoms with E-state index in [2.05, 4.69) is 9.71 Å². The molecule has 0 aliphatic carbocycles. The smallest absolute Gasteiger partial charge is 0.339 e. The molecule has 1 aromatic carbocycles. The number of hydrogen-bond acceptors (Lipinski definition) is 7. The second-order valence-electron chi connectivity index (χ2n) is 6.86. The average molecular weight is 471 g/mol. The zero-order chi connectivity index (χ0) is 23.5. The second-order valence-corrected chi connectivity index (χ2v) is 9.01. The van der Waals surface area contributed by atoms with Crippen molar-refractivity contribution < 1.29 is 32.3 Å². The molecule has 0 amide bonds. The fourth-order valence-corrected chi connectivity index (χ4v) is 4.22. The summed E-state index contributed by atoms with van der Waals surface area (Å²) in [4.78, 5) is 39.7. The first-order chi connectivity index (χ1) is 14.4. The zero-order valence-electron chi connectivity index (χ0n) is 17.6. The van der Waals surface area contributed by atoms with Crippen molar-refractivity contribution in [2.24, 2.45) is 0 Å². The van der Waals surface area contributed by atoms with Crippen molar-refractivity contribution in [3.63, 3.8) is 0 Å². The summed E-state index contributed by atoms with van der Waals surface area (Å²) in [5.74, 6) is -2.11. The molecule has 0 spiro atoms. The Balaban J connectivity index is 2.10. The van der Waals surface area contributed by atoms with Crippen LogP contribution in [0, 0.1) is 13.8 Å². The van der Waals surface area contributed by atoms with Crippen LogP contribution in [-0.2, 0) is 24.3 Å². The molecule has 0 aliphatic heterocycles. The molecular formula is C20H23ClN2O7S. The highest BCUT2D eigenvalue weighted by Crippen LogP contribution is 2.21. The van der Waals surface area contributed by atoms with Gasteiger partial charge in [0.15, 0.2) is 6.10 Å². The highest BCUT2D eigenvalue weighted by atomic mass is 35.5. The number of rotatable bonds is 8. The number of aromatic amines is 1. The van der Waals surface area contributed by atoms with E-state index in [0.29, 0.717) is 16.3 Å². The summed E-state index contributed by atoms with van der Waals surface area (Å²) in [7, 11) is -2.77. The fraction of sp³-hybridized carbons (Fsp3) is 0.350. The van der Waals surface area contributed by atoms with Crippen LogP contribution in [0.5, 0.6) is 0 Å². The number of benzene rings is 1. The van der Waals surface area contributed by atoms with Crippen LogP contribution >= 0.6 is 11.6 Å². The molecule has 0 radical (unpaired) electrons. The van der Waals surface area contributed by atoms with E-state index in [0.717, 1.165) is 0 Å². The number of aryl methyl sites for hydroxylation is 1. The molecule has 2 atom stereocenters. The number of esters is 2. The molecule has 1 aromatic heterocycles. The average Bonchev–Trinajstić information content (AvgIpc) is 3.00. The molecule has 0 saturated heterocycles. The van der Waals surface area contributed by atoms with Gasteiger partial charge in [0, 0.05) is 10.7 Å². The predicted octanol–water partition coefficient (Wildman–Crippen LogP) is 2.55. The van der Waals surface area contributed by atoms with Gasteiger partial charge in [-0.25, -0.2) is 13.2 Å². The van der Waals surface area contributed by atoms with Gasteiger partial charge >= 0.3 is 11.9 Å². The number of H-pyrrole nitrogens is 1. The van der Waals surface area contributed by atoms with Gasteiger partial charge in [-0.05, 0) is 57.5 Å². The van der Waals surface area contributed by atoms with Crippen molar-refractivity contribution in [1.29, 1.82) is 0 Å². The zero-order valence-corrected chi connectivity index (χ0v) is 19.2. The lowest BCUT2D eigenvalue weighted by molar-refractivity contribution is -0.147. The Morgan fingerprint density at radius 2 is 1.68 bits per heavy atom. The van der Waals surface area contributed by atoms with Crippen LogP contribution in [0.2, 0.25) is 5.02 Å². The molecular weight excluding hydrogens is 448 g/mol. The normalized spacial score (nSPS) is 13.4. The molecule has 0 saturated carbocycles. The first-order valence-electron chi connectivity index (χ1n) is 9.19. The van der Waals surface area contributed by atoms with Gasteiger partial charge in [-0.2, -0.15) is 4.72 Å². The molecule has 1 heterocycles. The molecule has 9 nitrogen and oxygen atoms in total. The van der Waals surface area contributed by atoms with E-state index in [1.165, 1.54) is 45.2 Å². The Labute approximate surface area is 185 Å². The fourth-order valence-electron chi connectivity index (χ4n) is 2.90. The second kappa shape index (κ2) is 9.63. The molecule has 2 unspecified atom stereocenters. The Morgan fingerprint density at radius 3 is 2.23 bits per heavy atom. The third-order valence-corrected chi connectivity index (χ3v) is 6.35. The summed E-state index contributed by atoms with van der Waals surface area (Å²) in [6, 6.07) is 4.15. The quantitative estimate of drug-likeness (QED) is 0.447. The standard InChI is InChI=1S/C20H23ClN2O7S/c1-10-16(20(26)29-5)11(2)22-17(10)18(24)13(4)30-19(25)12(3)23-31(27,28)15-8-6-14(21)7-9-15/h6-9,12-13,22-23H,1-5H3. The first kappa shape index (κ1) is 24.6. The number of Topliss-reactive ketones (excluding diaryl/α,β-unsaturated/α-hetero) is 1. The van der Waals surface area contributed by atoms with Gasteiger partial charge in [-0.3, -0.25) is 9.59 Å². The minimum atomic E-state index is -4.00. The Kier molecular flexibility index (Phi) is 7.63. The van der Waals surface area contributed by atoms with Gasteiger partial charge < -0.3 is 14.5 Å². The van der Waals surface area contributed by atoms with Crippen LogP contribution in [0.1, 0.15) is 46.0 Å². The highest BCUT2D eigenvalue weighted by molar-refractivity contribution is 7.89. The van der Waals surface area contributed by atoms with E-state index in [1.54, 1.807) is 13.8 Å². The first-order valence-corrected chi connectivity index (χ1v) is 11.0. The van der Waals surface area contributed by atoms with Crippen LogP contribution in [0.15, 0.2) is 29.2 Å². The maximum atomic E-state index is 12.7. The van der Waals surface area contributed by atoms with Crippen LogP contribution in [0.3, 0.4) is 0 Å². The monoisotopic (exact) mass is 470 g/mol. The number of aromatic nitrogens is 1. The summed E-state index contributed by atoms with van der Waals surface area (Å²) in [5, 5.41) is 0.365. The van der Waals surface area contributed by atoms with E-state index >= 15 is 0 Å². The SMILES string of the molecule is COC(=O)c1c(C)[nH]c(C(=O)C(C)OC(=O)C(C)NS(=O)(=O)c2ccc(Cl)cc2)c1C. The molecule has 0 bridgehead atoms. The number of ketones is 1. The van der Waals surface area contributed by atoms with Crippen molar-refractivity contribution in [1.82, 2.24) is 9.71 Å².